The molecule has 21 heavy (non-hydrogen) atoms. The van der Waals surface area contributed by atoms with Crippen LogP contribution in [-0.2, 0) is 14.6 Å². The lowest BCUT2D eigenvalue weighted by Crippen LogP contribution is -2.21. The maximum absolute atomic E-state index is 13.7. The van der Waals surface area contributed by atoms with Crippen molar-refractivity contribution in [1.82, 2.24) is 4.98 Å². The van der Waals surface area contributed by atoms with Crippen LogP contribution in [-0.4, -0.2) is 26.3 Å². The largest absolute Gasteiger partial charge is 0.448 e. The Morgan fingerprint density at radius 3 is 2.57 bits per heavy atom. The van der Waals surface area contributed by atoms with Crippen LogP contribution in [0.5, 0.6) is 5.75 Å². The molecule has 0 aliphatic carbocycles. The molecule has 0 amide bonds. The standard InChI is InChI=1S/C12H10FNO6S/c1-6(15)9-11(20-21(17,18)19-2)7-4-3-5-8(13)10(7)14-12(9)16/h3-5H,1-2H3,(H,14,16). The van der Waals surface area contributed by atoms with E-state index >= 15 is 0 Å². The van der Waals surface area contributed by atoms with E-state index in [0.29, 0.717) is 0 Å². The Hall–Kier alpha value is -2.26. The summed E-state index contributed by atoms with van der Waals surface area (Å²) in [5.41, 5.74) is -1.76. The third-order valence-electron chi connectivity index (χ3n) is 2.69. The molecule has 0 radical (unpaired) electrons. The van der Waals surface area contributed by atoms with E-state index in [2.05, 4.69) is 13.4 Å². The van der Waals surface area contributed by atoms with E-state index in [0.717, 1.165) is 20.1 Å². The summed E-state index contributed by atoms with van der Waals surface area (Å²) in [4.78, 5) is 25.6. The Balaban J connectivity index is 2.92. The summed E-state index contributed by atoms with van der Waals surface area (Å²) in [6.45, 7) is 1.06. The number of aromatic nitrogens is 1. The number of para-hydroxylation sites is 1. The molecule has 112 valence electrons. The zero-order chi connectivity index (χ0) is 15.8. The van der Waals surface area contributed by atoms with E-state index in [4.69, 9.17) is 0 Å². The van der Waals surface area contributed by atoms with Gasteiger partial charge < -0.3 is 9.17 Å². The summed E-state index contributed by atoms with van der Waals surface area (Å²) in [6.07, 6.45) is 0. The fourth-order valence-corrected chi connectivity index (χ4v) is 2.24. The average molecular weight is 315 g/mol. The summed E-state index contributed by atoms with van der Waals surface area (Å²) in [5.74, 6) is -2.09. The number of carbonyl (C=O) groups is 1. The molecule has 0 atom stereocenters. The number of aromatic amines is 1. The van der Waals surface area contributed by atoms with Gasteiger partial charge in [-0.3, -0.25) is 9.59 Å². The number of ketones is 1. The number of benzene rings is 1. The Kier molecular flexibility index (Phi) is 3.79. The highest BCUT2D eigenvalue weighted by molar-refractivity contribution is 7.82. The van der Waals surface area contributed by atoms with E-state index in [1.165, 1.54) is 12.1 Å². The predicted octanol–water partition coefficient (Wildman–Crippen LogP) is 1.14. The normalized spacial score (nSPS) is 11.6. The lowest BCUT2D eigenvalue weighted by molar-refractivity contribution is 0.101. The second-order valence-electron chi connectivity index (χ2n) is 4.04. The first-order chi connectivity index (χ1) is 9.76. The van der Waals surface area contributed by atoms with Crippen molar-refractivity contribution >= 4 is 27.1 Å². The molecule has 0 fully saturated rings. The van der Waals surface area contributed by atoms with Crippen LogP contribution >= 0.6 is 0 Å². The molecule has 0 saturated carbocycles. The fraction of sp³-hybridized carbons (Fsp3) is 0.167. The minimum atomic E-state index is -4.48. The van der Waals surface area contributed by atoms with Gasteiger partial charge in [-0.2, -0.15) is 8.42 Å². The average Bonchev–Trinajstić information content (AvgIpc) is 2.39. The summed E-state index contributed by atoms with van der Waals surface area (Å²) in [5, 5.41) is -0.0691. The van der Waals surface area contributed by atoms with E-state index in [1.807, 2.05) is 0 Å². The highest BCUT2D eigenvalue weighted by atomic mass is 32.3. The minimum absolute atomic E-state index is 0.0691. The van der Waals surface area contributed by atoms with Gasteiger partial charge in [-0.05, 0) is 19.1 Å². The third kappa shape index (κ3) is 2.78. The number of rotatable bonds is 4. The van der Waals surface area contributed by atoms with Crippen LogP contribution in [0, 0.1) is 5.82 Å². The number of H-pyrrole nitrogens is 1. The first kappa shape index (κ1) is 15.1. The fourth-order valence-electron chi connectivity index (χ4n) is 1.80. The van der Waals surface area contributed by atoms with Crippen molar-refractivity contribution in [3.8, 4) is 5.75 Å². The minimum Gasteiger partial charge on any atom is -0.360 e. The van der Waals surface area contributed by atoms with Crippen LogP contribution < -0.4 is 9.74 Å². The molecule has 2 aromatic rings. The van der Waals surface area contributed by atoms with E-state index in [1.54, 1.807) is 0 Å². The molecular weight excluding hydrogens is 305 g/mol. The van der Waals surface area contributed by atoms with Crippen molar-refractivity contribution in [1.29, 1.82) is 0 Å². The number of halogens is 1. The molecular formula is C12H10FNO6S. The van der Waals surface area contributed by atoms with Gasteiger partial charge in [0.15, 0.2) is 11.5 Å². The number of fused-ring (bicyclic) bond motifs is 1. The summed E-state index contributed by atoms with van der Waals surface area (Å²) < 4.78 is 45.3. The highest BCUT2D eigenvalue weighted by Crippen LogP contribution is 2.29. The zero-order valence-electron chi connectivity index (χ0n) is 11.0. The number of hydrogen-bond acceptors (Lipinski definition) is 6. The second-order valence-corrected chi connectivity index (χ2v) is 5.35. The summed E-state index contributed by atoms with van der Waals surface area (Å²) in [6, 6.07) is 3.66. The van der Waals surface area contributed by atoms with Crippen LogP contribution in [0.3, 0.4) is 0 Å². The molecule has 1 aromatic carbocycles. The molecule has 1 heterocycles. The zero-order valence-corrected chi connectivity index (χ0v) is 11.8. The molecule has 1 aromatic heterocycles. The van der Waals surface area contributed by atoms with Gasteiger partial charge in [0.2, 0.25) is 0 Å². The van der Waals surface area contributed by atoms with Gasteiger partial charge in [0, 0.05) is 5.39 Å². The van der Waals surface area contributed by atoms with E-state index in [-0.39, 0.29) is 10.9 Å². The van der Waals surface area contributed by atoms with Crippen LogP contribution in [0.1, 0.15) is 17.3 Å². The number of hydrogen-bond donors (Lipinski definition) is 1. The molecule has 0 bridgehead atoms. The summed E-state index contributed by atoms with van der Waals surface area (Å²) >= 11 is 0. The quantitative estimate of drug-likeness (QED) is 0.849. The molecule has 0 unspecified atom stereocenters. The van der Waals surface area contributed by atoms with E-state index < -0.39 is 38.9 Å². The molecule has 0 saturated heterocycles. The Morgan fingerprint density at radius 2 is 2.00 bits per heavy atom. The molecule has 0 spiro atoms. The van der Waals surface area contributed by atoms with Gasteiger partial charge >= 0.3 is 10.4 Å². The molecule has 1 N–H and O–H groups in total. The lowest BCUT2D eigenvalue weighted by Gasteiger charge is -2.11. The monoisotopic (exact) mass is 315 g/mol. The first-order valence-corrected chi connectivity index (χ1v) is 6.95. The van der Waals surface area contributed by atoms with Crippen molar-refractivity contribution in [3.63, 3.8) is 0 Å². The van der Waals surface area contributed by atoms with Gasteiger partial charge in [0.25, 0.3) is 5.56 Å². The van der Waals surface area contributed by atoms with Crippen molar-refractivity contribution in [2.24, 2.45) is 0 Å². The first-order valence-electron chi connectivity index (χ1n) is 5.62. The number of Topliss-reactive ketones (excluding diaryl/α,β-unsaturated/α-hetero) is 1. The van der Waals surface area contributed by atoms with Crippen LogP contribution in [0.4, 0.5) is 4.39 Å². The van der Waals surface area contributed by atoms with Crippen molar-refractivity contribution < 1.29 is 26.0 Å². The van der Waals surface area contributed by atoms with Crippen LogP contribution in [0.2, 0.25) is 0 Å². The second kappa shape index (κ2) is 5.26. The Labute approximate surface area is 118 Å². The van der Waals surface area contributed by atoms with E-state index in [9.17, 15) is 22.4 Å². The highest BCUT2D eigenvalue weighted by Gasteiger charge is 2.24. The molecule has 2 rings (SSSR count). The maximum atomic E-state index is 13.7. The van der Waals surface area contributed by atoms with Gasteiger partial charge in [-0.15, -0.1) is 0 Å². The summed E-state index contributed by atoms with van der Waals surface area (Å²) in [7, 11) is -3.63. The van der Waals surface area contributed by atoms with Crippen molar-refractivity contribution in [2.45, 2.75) is 6.92 Å². The topological polar surface area (TPSA) is 103 Å². The number of carbonyl (C=O) groups excluding carboxylic acids is 1. The maximum Gasteiger partial charge on any atom is 0.448 e. The van der Waals surface area contributed by atoms with Crippen molar-refractivity contribution in [3.05, 3.63) is 39.9 Å². The third-order valence-corrected chi connectivity index (χ3v) is 3.47. The Morgan fingerprint density at radius 1 is 1.33 bits per heavy atom. The van der Waals surface area contributed by atoms with Crippen molar-refractivity contribution in [2.75, 3.05) is 7.11 Å². The lowest BCUT2D eigenvalue weighted by atomic mass is 10.1. The SMILES string of the molecule is COS(=O)(=O)Oc1c(C(C)=O)c(=O)[nH]c2c(F)cccc12. The number of pyridine rings is 1. The van der Waals surface area contributed by atoms with Gasteiger partial charge in [0.05, 0.1) is 12.6 Å². The van der Waals surface area contributed by atoms with Gasteiger partial charge in [0.1, 0.15) is 11.4 Å². The number of nitrogens with one attached hydrogen (secondary N) is 1. The predicted molar refractivity (Wildman–Crippen MR) is 71.1 cm³/mol. The van der Waals surface area contributed by atoms with Gasteiger partial charge in [-0.1, -0.05) is 6.07 Å². The molecule has 0 aliphatic rings. The molecule has 0 aliphatic heterocycles. The molecule has 7 nitrogen and oxygen atoms in total. The van der Waals surface area contributed by atoms with Gasteiger partial charge in [-0.25, -0.2) is 8.57 Å². The molecule has 9 heteroatoms. The smallest absolute Gasteiger partial charge is 0.360 e. The van der Waals surface area contributed by atoms with Crippen LogP contribution in [0.25, 0.3) is 10.9 Å². The Bertz CT molecular complexity index is 886. The van der Waals surface area contributed by atoms with Crippen LogP contribution in [0.15, 0.2) is 23.0 Å².